The highest BCUT2D eigenvalue weighted by atomic mass is 32.1. The molecular formula is C21H24N4O2S2. The number of aromatic nitrogens is 2. The summed E-state index contributed by atoms with van der Waals surface area (Å²) >= 11 is 7.06. The van der Waals surface area contributed by atoms with Gasteiger partial charge >= 0.3 is 5.97 Å². The Morgan fingerprint density at radius 1 is 1.31 bits per heavy atom. The molecule has 0 aliphatic rings. The molecule has 3 aromatic rings. The smallest absolute Gasteiger partial charge is 0.341 e. The van der Waals surface area contributed by atoms with Crippen LogP contribution in [0.3, 0.4) is 0 Å². The molecule has 6 nitrogen and oxygen atoms in total. The average Bonchev–Trinajstić information content (AvgIpc) is 3.35. The number of nitrogens with zero attached hydrogens (tertiary/aromatic N) is 3. The highest BCUT2D eigenvalue weighted by molar-refractivity contribution is 7.80. The third-order valence-corrected chi connectivity index (χ3v) is 5.80. The largest absolute Gasteiger partial charge is 0.462 e. The first-order valence-corrected chi connectivity index (χ1v) is 10.6. The van der Waals surface area contributed by atoms with Crippen molar-refractivity contribution in [2.24, 2.45) is 0 Å². The summed E-state index contributed by atoms with van der Waals surface area (Å²) in [5.74, 6) is -0.358. The minimum absolute atomic E-state index is 0.320. The second-order valence-corrected chi connectivity index (χ2v) is 7.87. The zero-order chi connectivity index (χ0) is 20.8. The fraction of sp³-hybridized carbons (Fsp3) is 0.286. The lowest BCUT2D eigenvalue weighted by molar-refractivity contribution is 0.0528. The Balaban J connectivity index is 1.79. The van der Waals surface area contributed by atoms with E-state index in [4.69, 9.17) is 17.0 Å². The van der Waals surface area contributed by atoms with Crippen LogP contribution in [0.25, 0.3) is 10.4 Å². The molecule has 3 rings (SSSR count). The van der Waals surface area contributed by atoms with Crippen LogP contribution in [0, 0.1) is 0 Å². The van der Waals surface area contributed by atoms with Crippen molar-refractivity contribution >= 4 is 39.6 Å². The molecule has 8 heteroatoms. The Labute approximate surface area is 180 Å². The Hall–Kier alpha value is -2.71. The molecule has 152 valence electrons. The third kappa shape index (κ3) is 5.21. The SMILES string of the molecule is CCOC(=O)c1cc(-c2ccccc2)sc1NC(=S)N(C)Cc1cnn(CC)c1. The molecule has 0 aliphatic heterocycles. The average molecular weight is 429 g/mol. The molecule has 0 fully saturated rings. The van der Waals surface area contributed by atoms with Gasteiger partial charge in [-0.15, -0.1) is 11.3 Å². The minimum Gasteiger partial charge on any atom is -0.462 e. The van der Waals surface area contributed by atoms with Gasteiger partial charge in [-0.2, -0.15) is 5.10 Å². The zero-order valence-corrected chi connectivity index (χ0v) is 18.3. The monoisotopic (exact) mass is 428 g/mol. The molecule has 29 heavy (non-hydrogen) atoms. The van der Waals surface area contributed by atoms with Gasteiger partial charge in [-0.05, 0) is 37.7 Å². The fourth-order valence-electron chi connectivity index (χ4n) is 2.79. The van der Waals surface area contributed by atoms with Gasteiger partial charge in [0, 0.05) is 36.8 Å². The number of ether oxygens (including phenoxy) is 1. The summed E-state index contributed by atoms with van der Waals surface area (Å²) in [6.07, 6.45) is 3.84. The van der Waals surface area contributed by atoms with E-state index in [1.165, 1.54) is 11.3 Å². The molecule has 0 spiro atoms. The van der Waals surface area contributed by atoms with Crippen LogP contribution >= 0.6 is 23.6 Å². The van der Waals surface area contributed by atoms with Crippen molar-refractivity contribution in [2.45, 2.75) is 26.9 Å². The highest BCUT2D eigenvalue weighted by Gasteiger charge is 2.20. The number of aryl methyl sites for hydroxylation is 1. The maximum atomic E-state index is 12.5. The topological polar surface area (TPSA) is 59.4 Å². The molecule has 0 bridgehead atoms. The molecule has 0 atom stereocenters. The van der Waals surface area contributed by atoms with Crippen molar-refractivity contribution in [3.8, 4) is 10.4 Å². The van der Waals surface area contributed by atoms with E-state index in [0.717, 1.165) is 22.5 Å². The first-order chi connectivity index (χ1) is 14.0. The van der Waals surface area contributed by atoms with E-state index in [-0.39, 0.29) is 5.97 Å². The van der Waals surface area contributed by atoms with Crippen LogP contribution in [0.4, 0.5) is 5.00 Å². The van der Waals surface area contributed by atoms with Crippen LogP contribution in [0.1, 0.15) is 29.8 Å². The van der Waals surface area contributed by atoms with E-state index in [1.54, 1.807) is 6.92 Å². The predicted molar refractivity (Wildman–Crippen MR) is 121 cm³/mol. The maximum Gasteiger partial charge on any atom is 0.341 e. The molecule has 2 aromatic heterocycles. The second kappa shape index (κ2) is 9.67. The Morgan fingerprint density at radius 2 is 2.07 bits per heavy atom. The molecule has 0 amide bonds. The van der Waals surface area contributed by atoms with Crippen molar-refractivity contribution in [3.63, 3.8) is 0 Å². The van der Waals surface area contributed by atoms with Gasteiger partial charge in [0.25, 0.3) is 0 Å². The van der Waals surface area contributed by atoms with Gasteiger partial charge in [0.2, 0.25) is 0 Å². The molecule has 1 aromatic carbocycles. The molecule has 0 unspecified atom stereocenters. The number of hydrogen-bond donors (Lipinski definition) is 1. The van der Waals surface area contributed by atoms with Gasteiger partial charge in [-0.3, -0.25) is 4.68 Å². The van der Waals surface area contributed by atoms with Crippen molar-refractivity contribution in [2.75, 3.05) is 19.0 Å². The summed E-state index contributed by atoms with van der Waals surface area (Å²) in [4.78, 5) is 15.4. The van der Waals surface area contributed by atoms with E-state index >= 15 is 0 Å². The lowest BCUT2D eigenvalue weighted by Gasteiger charge is -2.20. The van der Waals surface area contributed by atoms with Crippen LogP contribution in [0.5, 0.6) is 0 Å². The molecule has 1 N–H and O–H groups in total. The van der Waals surface area contributed by atoms with Crippen molar-refractivity contribution < 1.29 is 9.53 Å². The second-order valence-electron chi connectivity index (χ2n) is 6.43. The number of rotatable bonds is 7. The van der Waals surface area contributed by atoms with E-state index in [0.29, 0.717) is 28.8 Å². The maximum absolute atomic E-state index is 12.5. The molecule has 0 saturated heterocycles. The normalized spacial score (nSPS) is 10.6. The third-order valence-electron chi connectivity index (χ3n) is 4.28. The lowest BCUT2D eigenvalue weighted by atomic mass is 10.1. The minimum atomic E-state index is -0.358. The van der Waals surface area contributed by atoms with Gasteiger partial charge in [0.15, 0.2) is 5.11 Å². The van der Waals surface area contributed by atoms with E-state index in [9.17, 15) is 4.79 Å². The number of thiocarbonyl (C=S) groups is 1. The quantitative estimate of drug-likeness (QED) is 0.437. The number of esters is 1. The number of nitrogens with one attached hydrogen (secondary N) is 1. The standard InChI is InChI=1S/C21H24N4O2S2/c1-4-25-14-15(12-22-25)13-24(3)21(28)23-19-17(20(26)27-5-2)11-18(29-19)16-9-7-6-8-10-16/h6-12,14H,4-5,13H2,1-3H3,(H,23,28). The number of benzene rings is 1. The molecular weight excluding hydrogens is 404 g/mol. The predicted octanol–water partition coefficient (Wildman–Crippen LogP) is 4.64. The number of hydrogen-bond acceptors (Lipinski definition) is 5. The van der Waals surface area contributed by atoms with E-state index < -0.39 is 0 Å². The molecule has 0 aliphatic carbocycles. The lowest BCUT2D eigenvalue weighted by Crippen LogP contribution is -2.30. The fourth-order valence-corrected chi connectivity index (χ4v) is 4.07. The first-order valence-electron chi connectivity index (χ1n) is 9.41. The first kappa shape index (κ1) is 21.0. The van der Waals surface area contributed by atoms with Gasteiger partial charge in [0.05, 0.1) is 18.4 Å². The molecule has 2 heterocycles. The van der Waals surface area contributed by atoms with Crippen LogP contribution < -0.4 is 5.32 Å². The van der Waals surface area contributed by atoms with Crippen molar-refractivity contribution in [1.29, 1.82) is 0 Å². The Morgan fingerprint density at radius 3 is 2.72 bits per heavy atom. The summed E-state index contributed by atoms with van der Waals surface area (Å²) in [7, 11) is 1.91. The summed E-state index contributed by atoms with van der Waals surface area (Å²) in [6.45, 7) is 5.61. The van der Waals surface area contributed by atoms with E-state index in [2.05, 4.69) is 10.4 Å². The summed E-state index contributed by atoms with van der Waals surface area (Å²) in [6, 6.07) is 11.8. The van der Waals surface area contributed by atoms with Crippen molar-refractivity contribution in [1.82, 2.24) is 14.7 Å². The zero-order valence-electron chi connectivity index (χ0n) is 16.7. The van der Waals surface area contributed by atoms with Crippen LogP contribution in [0.15, 0.2) is 48.8 Å². The van der Waals surface area contributed by atoms with Gasteiger partial charge in [-0.1, -0.05) is 30.3 Å². The number of carbonyl (C=O) groups is 1. The van der Waals surface area contributed by atoms with Gasteiger partial charge in [0.1, 0.15) is 5.00 Å². The van der Waals surface area contributed by atoms with Crippen LogP contribution in [-0.2, 0) is 17.8 Å². The summed E-state index contributed by atoms with van der Waals surface area (Å²) in [5, 5.41) is 8.73. The number of thiophene rings is 1. The number of carbonyl (C=O) groups excluding carboxylic acids is 1. The molecule has 0 radical (unpaired) electrons. The van der Waals surface area contributed by atoms with Gasteiger partial charge < -0.3 is 15.0 Å². The van der Waals surface area contributed by atoms with Crippen LogP contribution in [-0.4, -0.2) is 39.4 Å². The van der Waals surface area contributed by atoms with Crippen LogP contribution in [0.2, 0.25) is 0 Å². The summed E-state index contributed by atoms with van der Waals surface area (Å²) < 4.78 is 7.11. The van der Waals surface area contributed by atoms with E-state index in [1.807, 2.05) is 72.3 Å². The Kier molecular flexibility index (Phi) is 7.00. The summed E-state index contributed by atoms with van der Waals surface area (Å²) in [5.41, 5.74) is 2.60. The highest BCUT2D eigenvalue weighted by Crippen LogP contribution is 2.36. The van der Waals surface area contributed by atoms with Gasteiger partial charge in [-0.25, -0.2) is 4.79 Å². The Bertz CT molecular complexity index is 982. The molecule has 0 saturated carbocycles. The number of anilines is 1. The van der Waals surface area contributed by atoms with Crippen molar-refractivity contribution in [3.05, 3.63) is 59.9 Å².